The van der Waals surface area contributed by atoms with Crippen molar-refractivity contribution in [2.45, 2.75) is 225 Å². The van der Waals surface area contributed by atoms with E-state index in [1.165, 1.54) is 116 Å². The van der Waals surface area contributed by atoms with Gasteiger partial charge in [0.15, 0.2) is 6.10 Å². The fourth-order valence-corrected chi connectivity index (χ4v) is 6.80. The Bertz CT molecular complexity index is 1050. The predicted molar refractivity (Wildman–Crippen MR) is 234 cm³/mol. The first kappa shape index (κ1) is 54.0. The van der Waals surface area contributed by atoms with Crippen molar-refractivity contribution in [3.8, 4) is 0 Å². The van der Waals surface area contributed by atoms with Gasteiger partial charge in [-0.3, -0.25) is 14.1 Å². The van der Waals surface area contributed by atoms with Crippen LogP contribution in [0.25, 0.3) is 0 Å². The lowest BCUT2D eigenvalue weighted by Crippen LogP contribution is -2.29. The first-order valence-corrected chi connectivity index (χ1v) is 24.5. The van der Waals surface area contributed by atoms with Gasteiger partial charge in [0.2, 0.25) is 0 Å². The molecule has 1 unspecified atom stereocenters. The monoisotopic (exact) mass is 809 g/mol. The Labute approximate surface area is 344 Å². The van der Waals surface area contributed by atoms with Crippen LogP contribution in [0.2, 0.25) is 0 Å². The number of esters is 2. The number of unbranched alkanes of at least 4 members (excludes halogenated alkanes) is 24. The Morgan fingerprint density at radius 3 is 1.30 bits per heavy atom. The van der Waals surface area contributed by atoms with Gasteiger partial charge in [-0.1, -0.05) is 184 Å². The maximum atomic E-state index is 12.4. The van der Waals surface area contributed by atoms with Crippen molar-refractivity contribution in [1.82, 2.24) is 0 Å². The van der Waals surface area contributed by atoms with Gasteiger partial charge in [0.25, 0.3) is 0 Å². The molecule has 9 heteroatoms. The quantitative estimate of drug-likeness (QED) is 0.0271. The van der Waals surface area contributed by atoms with Crippen LogP contribution in [0.3, 0.4) is 0 Å². The van der Waals surface area contributed by atoms with Crippen LogP contribution >= 0.6 is 7.82 Å². The van der Waals surface area contributed by atoms with Crippen LogP contribution in [0.4, 0.5) is 0 Å². The average molecular weight is 809 g/mol. The molecule has 56 heavy (non-hydrogen) atoms. The molecule has 0 fully saturated rings. The highest BCUT2D eigenvalue weighted by Crippen LogP contribution is 2.36. The molecule has 0 rings (SSSR count). The Hall–Kier alpha value is -1.99. The predicted octanol–water partition coefficient (Wildman–Crippen LogP) is 14.3. The van der Waals surface area contributed by atoms with Crippen LogP contribution in [0.5, 0.6) is 0 Å². The van der Waals surface area contributed by atoms with Crippen molar-refractivity contribution in [2.75, 3.05) is 13.2 Å². The first-order valence-electron chi connectivity index (χ1n) is 22.9. The molecule has 0 radical (unpaired) electrons. The van der Waals surface area contributed by atoms with Crippen molar-refractivity contribution in [2.24, 2.45) is 0 Å². The molecule has 0 aliphatic rings. The standard InChI is InChI=1S/C47H85O8P/c1-3-5-7-9-11-13-15-17-19-20-21-22-23-24-25-26-28-29-31-33-35-37-39-41-46(48)53-43-45(44-54-56(50,51)52)55-47(49)42-40-38-36-34-32-30-27-18-16-14-12-10-8-6-4-2/h6,8,12,14,18,20-21,27,45H,3-5,7,9-11,13,15-17,19,22-26,28-44H2,1-2H3,(H2,50,51,52)/b8-6-,14-12-,21-20-,27-18-. The fraction of sp³-hybridized carbons (Fsp3) is 0.787. The molecule has 8 nitrogen and oxygen atoms in total. The number of carbonyl (C=O) groups is 2. The maximum Gasteiger partial charge on any atom is 0.469 e. The summed E-state index contributed by atoms with van der Waals surface area (Å²) in [5, 5.41) is 0. The van der Waals surface area contributed by atoms with Crippen LogP contribution in [0.1, 0.15) is 219 Å². The second kappa shape index (κ2) is 42.6. The summed E-state index contributed by atoms with van der Waals surface area (Å²) in [4.78, 5) is 42.9. The smallest absolute Gasteiger partial charge is 0.462 e. The van der Waals surface area contributed by atoms with Gasteiger partial charge >= 0.3 is 19.8 Å². The molecular formula is C47H85O8P. The zero-order valence-corrected chi connectivity index (χ0v) is 36.9. The van der Waals surface area contributed by atoms with Crippen molar-refractivity contribution < 1.29 is 37.9 Å². The lowest BCUT2D eigenvalue weighted by atomic mass is 10.0. The Balaban J connectivity index is 3.84. The van der Waals surface area contributed by atoms with Crippen molar-refractivity contribution in [3.05, 3.63) is 48.6 Å². The lowest BCUT2D eigenvalue weighted by molar-refractivity contribution is -0.161. The summed E-state index contributed by atoms with van der Waals surface area (Å²) in [6, 6.07) is 0. The van der Waals surface area contributed by atoms with Crippen LogP contribution in [-0.4, -0.2) is 41.0 Å². The highest BCUT2D eigenvalue weighted by Gasteiger charge is 2.22. The highest BCUT2D eigenvalue weighted by atomic mass is 31.2. The van der Waals surface area contributed by atoms with E-state index >= 15 is 0 Å². The Morgan fingerprint density at radius 2 is 0.857 bits per heavy atom. The van der Waals surface area contributed by atoms with Crippen molar-refractivity contribution >= 4 is 19.8 Å². The number of phosphoric acid groups is 1. The summed E-state index contributed by atoms with van der Waals surface area (Å²) < 4.78 is 26.4. The number of phosphoric ester groups is 1. The van der Waals surface area contributed by atoms with E-state index in [2.05, 4.69) is 67.0 Å². The van der Waals surface area contributed by atoms with Crippen molar-refractivity contribution in [1.29, 1.82) is 0 Å². The molecule has 0 aromatic heterocycles. The summed E-state index contributed by atoms with van der Waals surface area (Å²) in [5.74, 6) is -0.902. The van der Waals surface area contributed by atoms with Gasteiger partial charge < -0.3 is 19.3 Å². The summed E-state index contributed by atoms with van der Waals surface area (Å²) in [5.41, 5.74) is 0. The number of carbonyl (C=O) groups excluding carboxylic acids is 2. The first-order chi connectivity index (χ1) is 27.3. The lowest BCUT2D eigenvalue weighted by Gasteiger charge is -2.18. The highest BCUT2D eigenvalue weighted by molar-refractivity contribution is 7.46. The third-order valence-electron chi connectivity index (χ3n) is 9.83. The Morgan fingerprint density at radius 1 is 0.482 bits per heavy atom. The third-order valence-corrected chi connectivity index (χ3v) is 10.3. The van der Waals surface area contributed by atoms with E-state index in [0.29, 0.717) is 6.42 Å². The van der Waals surface area contributed by atoms with Crippen LogP contribution in [0, 0.1) is 0 Å². The average Bonchev–Trinajstić information content (AvgIpc) is 3.17. The van der Waals surface area contributed by atoms with E-state index < -0.39 is 32.5 Å². The van der Waals surface area contributed by atoms with E-state index in [9.17, 15) is 14.2 Å². The minimum absolute atomic E-state index is 0.192. The van der Waals surface area contributed by atoms with Gasteiger partial charge in [-0.05, 0) is 70.6 Å². The molecule has 0 amide bonds. The van der Waals surface area contributed by atoms with Gasteiger partial charge in [-0.2, -0.15) is 0 Å². The number of allylic oxidation sites excluding steroid dienone is 8. The zero-order chi connectivity index (χ0) is 41.1. The molecular weight excluding hydrogens is 723 g/mol. The molecule has 2 N–H and O–H groups in total. The molecule has 0 spiro atoms. The molecule has 0 saturated carbocycles. The van der Waals surface area contributed by atoms with Gasteiger partial charge in [-0.25, -0.2) is 4.57 Å². The molecule has 0 heterocycles. The summed E-state index contributed by atoms with van der Waals surface area (Å²) in [7, 11) is -4.76. The van der Waals surface area contributed by atoms with Gasteiger partial charge in [0.05, 0.1) is 6.61 Å². The molecule has 0 saturated heterocycles. The number of hydrogen-bond acceptors (Lipinski definition) is 6. The van der Waals surface area contributed by atoms with E-state index in [1.807, 2.05) is 0 Å². The van der Waals surface area contributed by atoms with Crippen LogP contribution in [-0.2, 0) is 28.2 Å². The topological polar surface area (TPSA) is 119 Å². The molecule has 0 aliphatic heterocycles. The summed E-state index contributed by atoms with van der Waals surface area (Å²) in [6.45, 7) is 3.57. The normalized spacial score (nSPS) is 12.9. The SMILES string of the molecule is CC/C=C\C/C=C\C/C=C\CCCCCCCC(=O)OC(COC(=O)CCCCCCCCCCCCC/C=C\CCCCCCCCCC)COP(=O)(O)O. The molecule has 326 valence electrons. The second-order valence-electron chi connectivity index (χ2n) is 15.3. The number of ether oxygens (including phenoxy) is 2. The summed E-state index contributed by atoms with van der Waals surface area (Å²) in [6.07, 6.45) is 52.7. The minimum Gasteiger partial charge on any atom is -0.462 e. The minimum atomic E-state index is -4.76. The van der Waals surface area contributed by atoms with E-state index in [1.54, 1.807) is 0 Å². The summed E-state index contributed by atoms with van der Waals surface area (Å²) >= 11 is 0. The number of rotatable bonds is 42. The fourth-order valence-electron chi connectivity index (χ4n) is 6.44. The van der Waals surface area contributed by atoms with E-state index in [0.717, 1.165) is 70.6 Å². The van der Waals surface area contributed by atoms with Crippen molar-refractivity contribution in [3.63, 3.8) is 0 Å². The molecule has 0 bridgehead atoms. The second-order valence-corrected chi connectivity index (χ2v) is 16.6. The molecule has 1 atom stereocenters. The third kappa shape index (κ3) is 44.7. The zero-order valence-electron chi connectivity index (χ0n) is 36.0. The number of hydrogen-bond donors (Lipinski definition) is 2. The largest absolute Gasteiger partial charge is 0.469 e. The van der Waals surface area contributed by atoms with Gasteiger partial charge in [-0.15, -0.1) is 0 Å². The van der Waals surface area contributed by atoms with E-state index in [4.69, 9.17) is 19.3 Å². The maximum absolute atomic E-state index is 12.4. The van der Waals surface area contributed by atoms with E-state index in [-0.39, 0.29) is 19.4 Å². The molecule has 0 aromatic rings. The van der Waals surface area contributed by atoms with Gasteiger partial charge in [0, 0.05) is 12.8 Å². The molecule has 0 aliphatic carbocycles. The van der Waals surface area contributed by atoms with Gasteiger partial charge in [0.1, 0.15) is 6.61 Å². The van der Waals surface area contributed by atoms with Crippen LogP contribution in [0.15, 0.2) is 48.6 Å². The Kier molecular flexibility index (Phi) is 41.1. The molecule has 0 aromatic carbocycles. The van der Waals surface area contributed by atoms with Crippen LogP contribution < -0.4 is 0 Å².